The molecule has 0 aliphatic rings. The Morgan fingerprint density at radius 3 is 2.73 bits per heavy atom. The Kier molecular flexibility index (Phi) is 4.00. The molecule has 1 atom stereocenters. The number of rotatable bonds is 4. The number of likely N-dealkylation sites (N-methyl/N-ethyl adjacent to an activating group) is 1. The predicted molar refractivity (Wildman–Crippen MR) is 88.5 cm³/mol. The van der Waals surface area contributed by atoms with Crippen molar-refractivity contribution in [1.29, 1.82) is 0 Å². The Labute approximate surface area is 136 Å². The molecule has 0 aliphatic carbocycles. The quantitative estimate of drug-likeness (QED) is 0.769. The summed E-state index contributed by atoms with van der Waals surface area (Å²) in [7, 11) is 1.60. The highest BCUT2D eigenvalue weighted by Gasteiger charge is 2.14. The molecule has 114 valence electrons. The molecule has 0 bridgehead atoms. The molecule has 0 radical (unpaired) electrons. The highest BCUT2D eigenvalue weighted by molar-refractivity contribution is 7.20. The average molecular weight is 336 g/mol. The number of fused-ring (bicyclic) bond motifs is 1. The van der Waals surface area contributed by atoms with Crippen molar-refractivity contribution in [2.45, 2.75) is 13.0 Å². The van der Waals surface area contributed by atoms with Crippen molar-refractivity contribution in [2.24, 2.45) is 0 Å². The van der Waals surface area contributed by atoms with Gasteiger partial charge in [-0.15, -0.1) is 5.10 Å². The number of anilines is 1. The van der Waals surface area contributed by atoms with Crippen molar-refractivity contribution in [3.63, 3.8) is 0 Å². The fraction of sp³-hybridized carbons (Fsp3) is 0.214. The number of halogens is 1. The monoisotopic (exact) mass is 335 g/mol. The van der Waals surface area contributed by atoms with Gasteiger partial charge in [0, 0.05) is 17.6 Å². The van der Waals surface area contributed by atoms with Crippen molar-refractivity contribution < 1.29 is 4.79 Å². The first kappa shape index (κ1) is 14.8. The third-order valence-electron chi connectivity index (χ3n) is 3.16. The van der Waals surface area contributed by atoms with Crippen molar-refractivity contribution >= 4 is 38.9 Å². The number of hydrogen-bond acceptors (Lipinski definition) is 5. The first-order valence-corrected chi connectivity index (χ1v) is 7.86. The number of imidazole rings is 1. The van der Waals surface area contributed by atoms with Crippen molar-refractivity contribution in [1.82, 2.24) is 19.9 Å². The Bertz CT molecular complexity index is 779. The van der Waals surface area contributed by atoms with Gasteiger partial charge in [0.2, 0.25) is 16.0 Å². The average Bonchev–Trinajstić information content (AvgIpc) is 3.05. The molecule has 2 N–H and O–H groups in total. The summed E-state index contributed by atoms with van der Waals surface area (Å²) in [6.07, 6.45) is 1.85. The third-order valence-corrected chi connectivity index (χ3v) is 4.27. The smallest absolute Gasteiger partial charge is 0.242 e. The molecule has 3 rings (SSSR count). The van der Waals surface area contributed by atoms with E-state index in [1.807, 2.05) is 30.5 Å². The SMILES string of the molecule is CNC(=O)[C@@H](C)Nc1nn2cc(-c3ccc(Cl)cc3)nc2s1. The minimum atomic E-state index is -0.350. The maximum absolute atomic E-state index is 11.5. The van der Waals surface area contributed by atoms with Crippen molar-refractivity contribution in [3.05, 3.63) is 35.5 Å². The van der Waals surface area contributed by atoms with Crippen LogP contribution in [0, 0.1) is 0 Å². The van der Waals surface area contributed by atoms with Crippen LogP contribution < -0.4 is 10.6 Å². The second-order valence-corrected chi connectivity index (χ2v) is 6.14. The van der Waals surface area contributed by atoms with Gasteiger partial charge in [-0.1, -0.05) is 35.1 Å². The number of carbonyl (C=O) groups excluding carboxylic acids is 1. The van der Waals surface area contributed by atoms with Gasteiger partial charge in [0.25, 0.3) is 0 Å². The van der Waals surface area contributed by atoms with Crippen LogP contribution in [0.4, 0.5) is 5.13 Å². The van der Waals surface area contributed by atoms with Crippen LogP contribution in [0.1, 0.15) is 6.92 Å². The van der Waals surface area contributed by atoms with E-state index in [9.17, 15) is 4.79 Å². The Morgan fingerprint density at radius 1 is 1.36 bits per heavy atom. The summed E-state index contributed by atoms with van der Waals surface area (Å²) in [6, 6.07) is 7.14. The van der Waals surface area contributed by atoms with Gasteiger partial charge in [0.1, 0.15) is 6.04 Å². The minimum absolute atomic E-state index is 0.0882. The second-order valence-electron chi connectivity index (χ2n) is 4.75. The standard InChI is InChI=1S/C14H14ClN5OS/c1-8(12(21)16-2)17-13-19-20-7-11(18-14(20)22-13)9-3-5-10(15)6-4-9/h3-8H,1-2H3,(H,16,21)(H,17,19)/t8-/m1/s1. The molecule has 2 heterocycles. The molecule has 0 saturated carbocycles. The fourth-order valence-corrected chi connectivity index (χ4v) is 2.98. The molecule has 1 aromatic carbocycles. The zero-order chi connectivity index (χ0) is 15.7. The number of aromatic nitrogens is 3. The lowest BCUT2D eigenvalue weighted by Gasteiger charge is -2.09. The van der Waals surface area contributed by atoms with Gasteiger partial charge in [-0.25, -0.2) is 9.50 Å². The van der Waals surface area contributed by atoms with Crippen LogP contribution in [0.3, 0.4) is 0 Å². The number of hydrogen-bond donors (Lipinski definition) is 2. The second kappa shape index (κ2) is 5.94. The molecular formula is C14H14ClN5OS. The van der Waals surface area contributed by atoms with Crippen LogP contribution in [0.2, 0.25) is 5.02 Å². The van der Waals surface area contributed by atoms with Gasteiger partial charge in [0.05, 0.1) is 11.9 Å². The minimum Gasteiger partial charge on any atom is -0.357 e. The largest absolute Gasteiger partial charge is 0.357 e. The molecule has 0 fully saturated rings. The molecule has 0 unspecified atom stereocenters. The molecule has 3 aromatic rings. The molecule has 6 nitrogen and oxygen atoms in total. The molecule has 0 aliphatic heterocycles. The zero-order valence-electron chi connectivity index (χ0n) is 12.0. The van der Waals surface area contributed by atoms with Gasteiger partial charge in [0.15, 0.2) is 0 Å². The van der Waals surface area contributed by atoms with E-state index in [0.717, 1.165) is 16.2 Å². The van der Waals surface area contributed by atoms with Gasteiger partial charge in [-0.05, 0) is 19.1 Å². The molecule has 8 heteroatoms. The van der Waals surface area contributed by atoms with E-state index >= 15 is 0 Å². The lowest BCUT2D eigenvalue weighted by molar-refractivity contribution is -0.121. The van der Waals surface area contributed by atoms with Crippen LogP contribution in [0.25, 0.3) is 16.2 Å². The molecule has 1 amide bonds. The lowest BCUT2D eigenvalue weighted by Crippen LogP contribution is -2.35. The molecule has 0 spiro atoms. The van der Waals surface area contributed by atoms with Crippen LogP contribution >= 0.6 is 22.9 Å². The van der Waals surface area contributed by atoms with E-state index in [1.165, 1.54) is 11.3 Å². The van der Waals surface area contributed by atoms with E-state index in [-0.39, 0.29) is 11.9 Å². The number of benzene rings is 1. The van der Waals surface area contributed by atoms with Crippen LogP contribution in [0.15, 0.2) is 30.5 Å². The Balaban J connectivity index is 1.83. The van der Waals surface area contributed by atoms with Gasteiger partial charge >= 0.3 is 0 Å². The number of carbonyl (C=O) groups is 1. The highest BCUT2D eigenvalue weighted by atomic mass is 35.5. The first-order chi connectivity index (χ1) is 10.6. The number of nitrogens with one attached hydrogen (secondary N) is 2. The maximum Gasteiger partial charge on any atom is 0.242 e. The molecule has 22 heavy (non-hydrogen) atoms. The Hall–Kier alpha value is -2.12. The Morgan fingerprint density at radius 2 is 2.09 bits per heavy atom. The molecular weight excluding hydrogens is 322 g/mol. The van der Waals surface area contributed by atoms with Gasteiger partial charge in [-0.3, -0.25) is 4.79 Å². The van der Waals surface area contributed by atoms with E-state index in [1.54, 1.807) is 18.5 Å². The zero-order valence-corrected chi connectivity index (χ0v) is 13.6. The van der Waals surface area contributed by atoms with E-state index in [4.69, 9.17) is 11.6 Å². The third kappa shape index (κ3) is 2.90. The van der Waals surface area contributed by atoms with Crippen LogP contribution in [0.5, 0.6) is 0 Å². The summed E-state index contributed by atoms with van der Waals surface area (Å²) in [6.45, 7) is 1.78. The predicted octanol–water partition coefficient (Wildman–Crippen LogP) is 2.66. The van der Waals surface area contributed by atoms with E-state index in [2.05, 4.69) is 20.7 Å². The summed E-state index contributed by atoms with van der Waals surface area (Å²) in [5.41, 5.74) is 1.82. The number of amides is 1. The van der Waals surface area contributed by atoms with Crippen LogP contribution in [-0.4, -0.2) is 33.6 Å². The van der Waals surface area contributed by atoms with Crippen molar-refractivity contribution in [2.75, 3.05) is 12.4 Å². The van der Waals surface area contributed by atoms with E-state index < -0.39 is 0 Å². The lowest BCUT2D eigenvalue weighted by atomic mass is 10.2. The fourth-order valence-electron chi connectivity index (χ4n) is 1.99. The molecule has 0 saturated heterocycles. The summed E-state index contributed by atoms with van der Waals surface area (Å²) in [4.78, 5) is 16.8. The summed E-state index contributed by atoms with van der Waals surface area (Å²) >= 11 is 7.28. The van der Waals surface area contributed by atoms with Crippen LogP contribution in [-0.2, 0) is 4.79 Å². The molecule has 2 aromatic heterocycles. The van der Waals surface area contributed by atoms with Gasteiger partial charge in [-0.2, -0.15) is 0 Å². The van der Waals surface area contributed by atoms with Crippen molar-refractivity contribution in [3.8, 4) is 11.3 Å². The maximum atomic E-state index is 11.5. The summed E-state index contributed by atoms with van der Waals surface area (Å²) in [5.74, 6) is -0.0882. The highest BCUT2D eigenvalue weighted by Crippen LogP contribution is 2.25. The summed E-state index contributed by atoms with van der Waals surface area (Å²) in [5, 5.41) is 11.4. The topological polar surface area (TPSA) is 71.3 Å². The number of nitrogens with zero attached hydrogens (tertiary/aromatic N) is 3. The first-order valence-electron chi connectivity index (χ1n) is 6.67. The van der Waals surface area contributed by atoms with E-state index in [0.29, 0.717) is 10.2 Å². The van der Waals surface area contributed by atoms with Gasteiger partial charge < -0.3 is 10.6 Å². The normalized spacial score (nSPS) is 12.3. The summed E-state index contributed by atoms with van der Waals surface area (Å²) < 4.78 is 1.70.